The van der Waals surface area contributed by atoms with E-state index in [4.69, 9.17) is 10.7 Å². The molecular formula is C10H12ClNOS. The Kier molecular flexibility index (Phi) is 4.17. The van der Waals surface area contributed by atoms with Crippen molar-refractivity contribution < 1.29 is 4.21 Å². The van der Waals surface area contributed by atoms with Gasteiger partial charge in [-0.15, -0.1) is 0 Å². The summed E-state index contributed by atoms with van der Waals surface area (Å²) in [5, 5.41) is 0.922. The molecule has 0 aliphatic rings. The standard InChI is InChI=1S/C8H6ClNOS.C2H6/c9-12(11)8-5-10-7-4-2-1-3-6(7)8;1-2/h1-5,10H;1-2H3. The third kappa shape index (κ3) is 2.16. The number of hydrogen-bond donors (Lipinski definition) is 1. The third-order valence-electron chi connectivity index (χ3n) is 1.72. The van der Waals surface area contributed by atoms with E-state index in [1.54, 1.807) is 6.20 Å². The van der Waals surface area contributed by atoms with Gasteiger partial charge in [0.1, 0.15) is 10.0 Å². The second-order valence-corrected chi connectivity index (χ2v) is 4.15. The number of fused-ring (bicyclic) bond motifs is 1. The van der Waals surface area contributed by atoms with E-state index in [-0.39, 0.29) is 0 Å². The summed E-state index contributed by atoms with van der Waals surface area (Å²) in [5.41, 5.74) is 0.960. The monoisotopic (exact) mass is 229 g/mol. The zero-order valence-corrected chi connectivity index (χ0v) is 9.65. The second-order valence-electron chi connectivity index (χ2n) is 2.42. The summed E-state index contributed by atoms with van der Waals surface area (Å²) >= 11 is 0. The van der Waals surface area contributed by atoms with E-state index in [1.807, 2.05) is 38.1 Å². The van der Waals surface area contributed by atoms with Crippen LogP contribution < -0.4 is 0 Å². The zero-order chi connectivity index (χ0) is 10.6. The Labute approximate surface area is 90.2 Å². The van der Waals surface area contributed by atoms with E-state index in [0.717, 1.165) is 10.9 Å². The highest BCUT2D eigenvalue weighted by molar-refractivity contribution is 8.08. The molecule has 0 amide bonds. The molecule has 76 valence electrons. The number of rotatable bonds is 1. The van der Waals surface area contributed by atoms with E-state index in [9.17, 15) is 4.21 Å². The van der Waals surface area contributed by atoms with Crippen molar-refractivity contribution in [1.29, 1.82) is 0 Å². The van der Waals surface area contributed by atoms with Crippen molar-refractivity contribution in [3.63, 3.8) is 0 Å². The fraction of sp³-hybridized carbons (Fsp3) is 0.200. The predicted molar refractivity (Wildman–Crippen MR) is 61.9 cm³/mol. The summed E-state index contributed by atoms with van der Waals surface area (Å²) < 4.78 is 11.0. The van der Waals surface area contributed by atoms with Crippen LogP contribution in [0.5, 0.6) is 0 Å². The van der Waals surface area contributed by atoms with Gasteiger partial charge in [-0.3, -0.25) is 0 Å². The lowest BCUT2D eigenvalue weighted by atomic mass is 10.2. The van der Waals surface area contributed by atoms with Gasteiger partial charge in [0.05, 0.1) is 4.90 Å². The largest absolute Gasteiger partial charge is 0.360 e. The van der Waals surface area contributed by atoms with Crippen LogP contribution in [0, 0.1) is 0 Å². The number of hydrogen-bond acceptors (Lipinski definition) is 1. The van der Waals surface area contributed by atoms with Gasteiger partial charge in [0, 0.05) is 17.1 Å². The van der Waals surface area contributed by atoms with Crippen molar-refractivity contribution in [3.05, 3.63) is 30.5 Å². The van der Waals surface area contributed by atoms with E-state index < -0.39 is 10.0 Å². The first kappa shape index (κ1) is 11.3. The molecule has 0 saturated carbocycles. The molecule has 0 bridgehead atoms. The van der Waals surface area contributed by atoms with Crippen molar-refractivity contribution in [2.45, 2.75) is 18.7 Å². The van der Waals surface area contributed by atoms with Crippen molar-refractivity contribution >= 4 is 31.6 Å². The molecule has 0 aliphatic carbocycles. The van der Waals surface area contributed by atoms with Gasteiger partial charge in [-0.25, -0.2) is 4.21 Å². The van der Waals surface area contributed by atoms with Gasteiger partial charge in [0.2, 0.25) is 0 Å². The number of aromatic amines is 1. The molecule has 2 rings (SSSR count). The average molecular weight is 230 g/mol. The molecule has 1 aromatic heterocycles. The maximum absolute atomic E-state index is 11.0. The zero-order valence-electron chi connectivity index (χ0n) is 8.08. The number of nitrogens with one attached hydrogen (secondary N) is 1. The molecule has 2 aromatic rings. The summed E-state index contributed by atoms with van der Waals surface area (Å²) in [6.45, 7) is 4.00. The molecule has 1 unspecified atom stereocenters. The SMILES string of the molecule is CC.O=S(Cl)c1c[nH]c2ccccc12. The quantitative estimate of drug-likeness (QED) is 0.747. The number of halogens is 1. The Balaban J connectivity index is 0.000000461. The lowest BCUT2D eigenvalue weighted by Crippen LogP contribution is -1.76. The first-order valence-electron chi connectivity index (χ1n) is 4.43. The number of aromatic nitrogens is 1. The number of H-pyrrole nitrogens is 1. The van der Waals surface area contributed by atoms with Crippen molar-refractivity contribution in [2.75, 3.05) is 0 Å². The molecule has 0 spiro atoms. The average Bonchev–Trinajstić information content (AvgIpc) is 2.64. The van der Waals surface area contributed by atoms with Gasteiger partial charge < -0.3 is 4.98 Å². The molecule has 1 atom stereocenters. The van der Waals surface area contributed by atoms with Crippen molar-refractivity contribution in [2.24, 2.45) is 0 Å². The highest BCUT2D eigenvalue weighted by Crippen LogP contribution is 2.22. The highest BCUT2D eigenvalue weighted by Gasteiger charge is 2.06. The first-order valence-corrected chi connectivity index (χ1v) is 6.41. The minimum atomic E-state index is -1.43. The minimum Gasteiger partial charge on any atom is -0.360 e. The summed E-state index contributed by atoms with van der Waals surface area (Å²) in [6.07, 6.45) is 1.67. The Morgan fingerprint density at radius 3 is 2.57 bits per heavy atom. The van der Waals surface area contributed by atoms with E-state index in [2.05, 4.69) is 4.98 Å². The molecule has 1 aromatic carbocycles. The maximum Gasteiger partial charge on any atom is 0.149 e. The summed E-state index contributed by atoms with van der Waals surface area (Å²) in [5.74, 6) is 0. The second kappa shape index (κ2) is 5.17. The molecule has 0 saturated heterocycles. The van der Waals surface area contributed by atoms with Crippen LogP contribution in [0.1, 0.15) is 13.8 Å². The van der Waals surface area contributed by atoms with Crippen LogP contribution in [-0.4, -0.2) is 9.19 Å². The lowest BCUT2D eigenvalue weighted by molar-refractivity contribution is 0.691. The van der Waals surface area contributed by atoms with Crippen LogP contribution in [0.25, 0.3) is 10.9 Å². The molecule has 0 fully saturated rings. The fourth-order valence-corrected chi connectivity index (χ4v) is 2.06. The maximum atomic E-state index is 11.0. The van der Waals surface area contributed by atoms with Gasteiger partial charge in [0.25, 0.3) is 0 Å². The Morgan fingerprint density at radius 2 is 1.93 bits per heavy atom. The molecule has 4 heteroatoms. The predicted octanol–water partition coefficient (Wildman–Crippen LogP) is 3.46. The lowest BCUT2D eigenvalue weighted by Gasteiger charge is -1.89. The first-order chi connectivity index (χ1) is 6.79. The topological polar surface area (TPSA) is 32.9 Å². The smallest absolute Gasteiger partial charge is 0.149 e. The van der Waals surface area contributed by atoms with Gasteiger partial charge >= 0.3 is 0 Å². The molecule has 0 radical (unpaired) electrons. The summed E-state index contributed by atoms with van der Waals surface area (Å²) in [6, 6.07) is 7.62. The summed E-state index contributed by atoms with van der Waals surface area (Å²) in [4.78, 5) is 3.64. The van der Waals surface area contributed by atoms with Crippen LogP contribution in [0.15, 0.2) is 35.4 Å². The van der Waals surface area contributed by atoms with Crippen LogP contribution in [-0.2, 0) is 10.0 Å². The van der Waals surface area contributed by atoms with Crippen molar-refractivity contribution in [3.8, 4) is 0 Å². The molecule has 0 aliphatic heterocycles. The number of para-hydroxylation sites is 1. The Morgan fingerprint density at radius 1 is 1.29 bits per heavy atom. The molecule has 1 heterocycles. The van der Waals surface area contributed by atoms with Crippen LogP contribution in [0.4, 0.5) is 0 Å². The Hall–Kier alpha value is -0.800. The molecular weight excluding hydrogens is 218 g/mol. The Bertz CT molecular complexity index is 438. The summed E-state index contributed by atoms with van der Waals surface area (Å²) in [7, 11) is 4.04. The number of benzene rings is 1. The third-order valence-corrected chi connectivity index (χ3v) is 2.91. The normalized spacial score (nSPS) is 11.9. The van der Waals surface area contributed by atoms with Crippen molar-refractivity contribution in [1.82, 2.24) is 4.98 Å². The van der Waals surface area contributed by atoms with E-state index in [0.29, 0.717) is 4.90 Å². The molecule has 14 heavy (non-hydrogen) atoms. The van der Waals surface area contributed by atoms with Gasteiger partial charge in [-0.2, -0.15) is 0 Å². The van der Waals surface area contributed by atoms with Gasteiger partial charge in [0.15, 0.2) is 0 Å². The van der Waals surface area contributed by atoms with Gasteiger partial charge in [-0.05, 0) is 16.7 Å². The molecule has 2 nitrogen and oxygen atoms in total. The van der Waals surface area contributed by atoms with E-state index >= 15 is 0 Å². The fourth-order valence-electron chi connectivity index (χ4n) is 1.18. The van der Waals surface area contributed by atoms with E-state index in [1.165, 1.54) is 0 Å². The van der Waals surface area contributed by atoms with Crippen LogP contribution >= 0.6 is 10.7 Å². The highest BCUT2D eigenvalue weighted by atomic mass is 35.7. The van der Waals surface area contributed by atoms with Crippen LogP contribution in [0.3, 0.4) is 0 Å². The van der Waals surface area contributed by atoms with Crippen LogP contribution in [0.2, 0.25) is 0 Å². The van der Waals surface area contributed by atoms with Gasteiger partial charge in [-0.1, -0.05) is 32.0 Å². The molecule has 1 N–H and O–H groups in total. The minimum absolute atomic E-state index is 0.646.